The Kier molecular flexibility index (Phi) is 5.49. The fraction of sp³-hybridized carbons (Fsp3) is 0.556. The zero-order valence-electron chi connectivity index (χ0n) is 14.8. The molecule has 1 aromatic rings. The number of carboxylic acid groups (broad SMARTS) is 1. The molecular weight excluding hydrogens is 308 g/mol. The molecule has 2 rings (SSSR count). The highest BCUT2D eigenvalue weighted by Gasteiger charge is 2.23. The van der Waals surface area contributed by atoms with Gasteiger partial charge in [-0.25, -0.2) is 0 Å². The number of likely N-dealkylation sites (N-methyl/N-ethyl adjacent to an activating group) is 1. The predicted octanol–water partition coefficient (Wildman–Crippen LogP) is 2.41. The molecule has 1 heterocycles. The summed E-state index contributed by atoms with van der Waals surface area (Å²) in [7, 11) is 1.72. The lowest BCUT2D eigenvalue weighted by Gasteiger charge is -2.26. The zero-order chi connectivity index (χ0) is 17.9. The van der Waals surface area contributed by atoms with Crippen molar-refractivity contribution in [3.05, 3.63) is 23.8 Å². The quantitative estimate of drug-likeness (QED) is 0.835. The first-order valence-corrected chi connectivity index (χ1v) is 8.16. The Hall–Kier alpha value is -2.08. The van der Waals surface area contributed by atoms with Crippen molar-refractivity contribution in [3.63, 3.8) is 0 Å². The minimum Gasteiger partial charge on any atom is -0.482 e. The summed E-state index contributed by atoms with van der Waals surface area (Å²) in [5.41, 5.74) is 1.77. The van der Waals surface area contributed by atoms with E-state index in [9.17, 15) is 14.7 Å². The minimum atomic E-state index is -0.834. The van der Waals surface area contributed by atoms with Gasteiger partial charge in [0.1, 0.15) is 11.8 Å². The number of carboxylic acids is 1. The first-order chi connectivity index (χ1) is 11.2. The predicted molar refractivity (Wildman–Crippen MR) is 92.3 cm³/mol. The van der Waals surface area contributed by atoms with Gasteiger partial charge >= 0.3 is 5.97 Å². The van der Waals surface area contributed by atoms with Crippen LogP contribution in [0.3, 0.4) is 0 Å². The number of nitrogens with zero attached hydrogens (tertiary/aromatic N) is 1. The standard InChI is InChI=1S/C18H26N2O4/c1-18(2,3)8-7-13(17(22)23)19-10-12-5-6-14-15(9-12)24-11-16(21)20(14)4/h5-6,9,13,19H,7-8,10-11H2,1-4H3,(H,22,23)/t13-/m0/s1. The average molecular weight is 334 g/mol. The van der Waals surface area contributed by atoms with Gasteiger partial charge in [0.15, 0.2) is 6.61 Å². The Morgan fingerprint density at radius 2 is 2.12 bits per heavy atom. The molecule has 132 valence electrons. The second-order valence-electron chi connectivity index (χ2n) is 7.41. The average Bonchev–Trinajstić information content (AvgIpc) is 2.49. The van der Waals surface area contributed by atoms with E-state index in [1.54, 1.807) is 11.9 Å². The van der Waals surface area contributed by atoms with Crippen molar-refractivity contribution in [1.82, 2.24) is 5.32 Å². The SMILES string of the molecule is CN1C(=O)COc2cc(CN[C@@H](CCC(C)(C)C)C(=O)O)ccc21. The van der Waals surface area contributed by atoms with Crippen LogP contribution in [-0.4, -0.2) is 36.7 Å². The molecule has 0 radical (unpaired) electrons. The van der Waals surface area contributed by atoms with E-state index in [-0.39, 0.29) is 17.9 Å². The third-order valence-corrected chi connectivity index (χ3v) is 4.14. The van der Waals surface area contributed by atoms with E-state index in [0.29, 0.717) is 18.7 Å². The molecule has 0 aromatic heterocycles. The van der Waals surface area contributed by atoms with Gasteiger partial charge in [-0.2, -0.15) is 0 Å². The van der Waals surface area contributed by atoms with Gasteiger partial charge in [-0.3, -0.25) is 9.59 Å². The van der Waals surface area contributed by atoms with Crippen molar-refractivity contribution in [1.29, 1.82) is 0 Å². The fourth-order valence-corrected chi connectivity index (χ4v) is 2.56. The Labute approximate surface area is 142 Å². The lowest BCUT2D eigenvalue weighted by atomic mass is 9.88. The molecule has 0 saturated heterocycles. The topological polar surface area (TPSA) is 78.9 Å². The number of fused-ring (bicyclic) bond motifs is 1. The number of hydrogen-bond acceptors (Lipinski definition) is 4. The van der Waals surface area contributed by atoms with E-state index < -0.39 is 12.0 Å². The summed E-state index contributed by atoms with van der Waals surface area (Å²) in [6.07, 6.45) is 1.41. The fourth-order valence-electron chi connectivity index (χ4n) is 2.56. The number of nitrogens with one attached hydrogen (secondary N) is 1. The van der Waals surface area contributed by atoms with Crippen LogP contribution in [0.25, 0.3) is 0 Å². The van der Waals surface area contributed by atoms with Crippen molar-refractivity contribution in [2.24, 2.45) is 5.41 Å². The van der Waals surface area contributed by atoms with E-state index in [1.165, 1.54) is 0 Å². The number of carbonyl (C=O) groups is 2. The lowest BCUT2D eigenvalue weighted by molar-refractivity contribution is -0.139. The Balaban J connectivity index is 2.00. The smallest absolute Gasteiger partial charge is 0.320 e. The summed E-state index contributed by atoms with van der Waals surface area (Å²) < 4.78 is 5.46. The van der Waals surface area contributed by atoms with Gasteiger partial charge in [-0.15, -0.1) is 0 Å². The summed E-state index contributed by atoms with van der Waals surface area (Å²) in [5, 5.41) is 12.5. The number of amides is 1. The molecule has 1 aliphatic rings. The minimum absolute atomic E-state index is 0.0315. The first-order valence-electron chi connectivity index (χ1n) is 8.16. The van der Waals surface area contributed by atoms with E-state index in [2.05, 4.69) is 26.1 Å². The van der Waals surface area contributed by atoms with Crippen LogP contribution >= 0.6 is 0 Å². The number of benzene rings is 1. The summed E-state index contributed by atoms with van der Waals surface area (Å²) >= 11 is 0. The molecule has 0 aliphatic carbocycles. The van der Waals surface area contributed by atoms with E-state index >= 15 is 0 Å². The molecule has 24 heavy (non-hydrogen) atoms. The highest BCUT2D eigenvalue weighted by Crippen LogP contribution is 2.32. The summed E-state index contributed by atoms with van der Waals surface area (Å²) in [6, 6.07) is 4.99. The normalized spacial score (nSPS) is 15.7. The molecule has 1 amide bonds. The molecule has 0 spiro atoms. The maximum absolute atomic E-state index is 11.6. The monoisotopic (exact) mass is 334 g/mol. The molecule has 1 aliphatic heterocycles. The second-order valence-corrected chi connectivity index (χ2v) is 7.41. The van der Waals surface area contributed by atoms with E-state index in [4.69, 9.17) is 4.74 Å². The van der Waals surface area contributed by atoms with Crippen LogP contribution in [0.1, 0.15) is 39.2 Å². The Bertz CT molecular complexity index is 622. The van der Waals surface area contributed by atoms with Crippen LogP contribution < -0.4 is 15.0 Å². The zero-order valence-corrected chi connectivity index (χ0v) is 14.8. The van der Waals surface area contributed by atoms with Gasteiger partial charge in [0.2, 0.25) is 0 Å². The highest BCUT2D eigenvalue weighted by atomic mass is 16.5. The number of rotatable bonds is 6. The van der Waals surface area contributed by atoms with Crippen molar-refractivity contribution < 1.29 is 19.4 Å². The molecule has 0 unspecified atom stereocenters. The van der Waals surface area contributed by atoms with E-state index in [1.807, 2.05) is 18.2 Å². The van der Waals surface area contributed by atoms with Crippen LogP contribution in [-0.2, 0) is 16.1 Å². The van der Waals surface area contributed by atoms with Crippen molar-refractivity contribution in [3.8, 4) is 5.75 Å². The van der Waals surface area contributed by atoms with E-state index in [0.717, 1.165) is 17.7 Å². The van der Waals surface area contributed by atoms with Crippen LogP contribution in [0.15, 0.2) is 18.2 Å². The molecule has 0 saturated carbocycles. The van der Waals surface area contributed by atoms with Crippen molar-refractivity contribution in [2.45, 2.75) is 46.2 Å². The molecule has 2 N–H and O–H groups in total. The van der Waals surface area contributed by atoms with Crippen molar-refractivity contribution in [2.75, 3.05) is 18.6 Å². The van der Waals surface area contributed by atoms with Gasteiger partial charge in [0.25, 0.3) is 5.91 Å². The van der Waals surface area contributed by atoms with Crippen LogP contribution in [0.2, 0.25) is 0 Å². The molecule has 1 atom stereocenters. The Morgan fingerprint density at radius 3 is 2.75 bits per heavy atom. The molecule has 1 aromatic carbocycles. The maximum atomic E-state index is 11.6. The molecule has 0 fully saturated rings. The maximum Gasteiger partial charge on any atom is 0.320 e. The number of carbonyl (C=O) groups excluding carboxylic acids is 1. The highest BCUT2D eigenvalue weighted by molar-refractivity contribution is 5.97. The first kappa shape index (κ1) is 18.3. The van der Waals surface area contributed by atoms with Gasteiger partial charge in [0, 0.05) is 13.6 Å². The van der Waals surface area contributed by atoms with Gasteiger partial charge < -0.3 is 20.1 Å². The largest absolute Gasteiger partial charge is 0.482 e. The number of ether oxygens (including phenoxy) is 1. The summed E-state index contributed by atoms with van der Waals surface area (Å²) in [5.74, 6) is -0.266. The van der Waals surface area contributed by atoms with Gasteiger partial charge in [-0.05, 0) is 36.0 Å². The summed E-state index contributed by atoms with van der Waals surface area (Å²) in [4.78, 5) is 24.6. The lowest BCUT2D eigenvalue weighted by Crippen LogP contribution is -2.37. The third-order valence-electron chi connectivity index (χ3n) is 4.14. The number of anilines is 1. The van der Waals surface area contributed by atoms with Crippen molar-refractivity contribution >= 4 is 17.6 Å². The summed E-state index contributed by atoms with van der Waals surface area (Å²) in [6.45, 7) is 6.78. The van der Waals surface area contributed by atoms with Gasteiger partial charge in [-0.1, -0.05) is 26.8 Å². The Morgan fingerprint density at radius 1 is 1.42 bits per heavy atom. The molecule has 6 heteroatoms. The van der Waals surface area contributed by atoms with Gasteiger partial charge in [0.05, 0.1) is 5.69 Å². The van der Waals surface area contributed by atoms with Crippen LogP contribution in [0.4, 0.5) is 5.69 Å². The number of aliphatic carboxylic acids is 1. The molecule has 6 nitrogen and oxygen atoms in total. The van der Waals surface area contributed by atoms with Crippen LogP contribution in [0.5, 0.6) is 5.75 Å². The molecular formula is C18H26N2O4. The third kappa shape index (κ3) is 4.71. The van der Waals surface area contributed by atoms with Crippen LogP contribution in [0, 0.1) is 5.41 Å². The second kappa shape index (κ2) is 7.21. The molecule has 0 bridgehead atoms. The number of hydrogen-bond donors (Lipinski definition) is 2.